The molecule has 0 saturated carbocycles. The maximum atomic E-state index is 9.46. The van der Waals surface area contributed by atoms with Crippen LogP contribution in [0, 0.1) is 0 Å². The first-order valence-corrected chi connectivity index (χ1v) is 6.65. The molecule has 1 atom stereocenters. The van der Waals surface area contributed by atoms with Gasteiger partial charge in [0.15, 0.2) is 5.22 Å². The number of halogens is 1. The predicted octanol–water partition coefficient (Wildman–Crippen LogP) is 3.34. The normalized spacial score (nSPS) is 13.1. The van der Waals surface area contributed by atoms with E-state index in [0.29, 0.717) is 11.8 Å². The second kappa shape index (κ2) is 6.23. The molecule has 0 radical (unpaired) electrons. The predicted molar refractivity (Wildman–Crippen MR) is 73.8 cm³/mol. The third-order valence-corrected chi connectivity index (χ3v) is 3.38. The van der Waals surface area contributed by atoms with Crippen LogP contribution in [-0.4, -0.2) is 17.8 Å². The van der Waals surface area contributed by atoms with E-state index in [9.17, 15) is 5.11 Å². The minimum absolute atomic E-state index is 0.228. The Morgan fingerprint density at radius 2 is 2.17 bits per heavy atom. The van der Waals surface area contributed by atoms with E-state index in [2.05, 4.69) is 5.32 Å². The number of aliphatic hydroxyl groups excluding tert-OH is 1. The molecule has 1 aromatic carbocycles. The average molecular weight is 268 g/mol. The number of hydrogen-bond donors (Lipinski definition) is 2. The molecule has 2 rings (SSSR count). The van der Waals surface area contributed by atoms with Crippen molar-refractivity contribution in [2.45, 2.75) is 32.4 Å². The molecule has 0 bridgehead atoms. The van der Waals surface area contributed by atoms with Gasteiger partial charge in [0.1, 0.15) is 5.58 Å². The van der Waals surface area contributed by atoms with Crippen molar-refractivity contribution in [2.75, 3.05) is 6.54 Å². The van der Waals surface area contributed by atoms with Crippen molar-refractivity contribution in [3.63, 3.8) is 0 Å². The van der Waals surface area contributed by atoms with Gasteiger partial charge in [-0.25, -0.2) is 0 Å². The minimum atomic E-state index is -0.228. The highest BCUT2D eigenvalue weighted by Gasteiger charge is 2.11. The van der Waals surface area contributed by atoms with E-state index < -0.39 is 0 Å². The quantitative estimate of drug-likeness (QED) is 0.789. The summed E-state index contributed by atoms with van der Waals surface area (Å²) >= 11 is 6.08. The molecular weight excluding hydrogens is 250 g/mol. The van der Waals surface area contributed by atoms with E-state index in [0.717, 1.165) is 35.9 Å². The van der Waals surface area contributed by atoms with Crippen molar-refractivity contribution < 1.29 is 9.52 Å². The lowest BCUT2D eigenvalue weighted by Crippen LogP contribution is -2.19. The number of para-hydroxylation sites is 1. The molecule has 0 aliphatic rings. The van der Waals surface area contributed by atoms with Crippen molar-refractivity contribution in [2.24, 2.45) is 0 Å². The molecule has 0 aliphatic heterocycles. The van der Waals surface area contributed by atoms with Gasteiger partial charge in [-0.05, 0) is 37.1 Å². The smallest absolute Gasteiger partial charge is 0.199 e. The summed E-state index contributed by atoms with van der Waals surface area (Å²) < 4.78 is 5.47. The van der Waals surface area contributed by atoms with Gasteiger partial charge in [-0.3, -0.25) is 0 Å². The molecule has 98 valence electrons. The molecule has 0 amide bonds. The summed E-state index contributed by atoms with van der Waals surface area (Å²) in [7, 11) is 0. The third kappa shape index (κ3) is 3.05. The maximum absolute atomic E-state index is 9.46. The first-order valence-electron chi connectivity index (χ1n) is 6.27. The van der Waals surface area contributed by atoms with Gasteiger partial charge in [0.25, 0.3) is 0 Å². The minimum Gasteiger partial charge on any atom is -0.444 e. The molecule has 2 N–H and O–H groups in total. The fourth-order valence-electron chi connectivity index (χ4n) is 1.92. The standard InChI is InChI=1S/C14H18ClNO2/c1-2-10(17)7-8-16-9-12-11-5-3-4-6-13(11)18-14(12)15/h3-6,10,16-17H,2,7-9H2,1H3. The van der Waals surface area contributed by atoms with Crippen molar-refractivity contribution in [1.82, 2.24) is 5.32 Å². The van der Waals surface area contributed by atoms with Crippen LogP contribution in [0.2, 0.25) is 5.22 Å². The fraction of sp³-hybridized carbons (Fsp3) is 0.429. The number of rotatable bonds is 6. The summed E-state index contributed by atoms with van der Waals surface area (Å²) in [5.41, 5.74) is 1.80. The Balaban J connectivity index is 1.97. The van der Waals surface area contributed by atoms with E-state index in [4.69, 9.17) is 16.0 Å². The van der Waals surface area contributed by atoms with Crippen LogP contribution in [0.1, 0.15) is 25.3 Å². The van der Waals surface area contributed by atoms with Crippen LogP contribution < -0.4 is 5.32 Å². The van der Waals surface area contributed by atoms with Gasteiger partial charge in [-0.15, -0.1) is 0 Å². The van der Waals surface area contributed by atoms with Crippen LogP contribution in [0.5, 0.6) is 0 Å². The molecule has 4 heteroatoms. The largest absolute Gasteiger partial charge is 0.444 e. The van der Waals surface area contributed by atoms with Crippen molar-refractivity contribution in [3.8, 4) is 0 Å². The summed E-state index contributed by atoms with van der Waals surface area (Å²) in [5.74, 6) is 0. The van der Waals surface area contributed by atoms with Gasteiger partial charge in [0, 0.05) is 17.5 Å². The molecule has 0 spiro atoms. The van der Waals surface area contributed by atoms with Crippen molar-refractivity contribution in [3.05, 3.63) is 35.0 Å². The monoisotopic (exact) mass is 267 g/mol. The molecule has 2 aromatic rings. The van der Waals surface area contributed by atoms with Crippen LogP contribution in [0.3, 0.4) is 0 Å². The summed E-state index contributed by atoms with van der Waals surface area (Å²) in [6.07, 6.45) is 1.31. The zero-order valence-electron chi connectivity index (χ0n) is 10.4. The Bertz CT molecular complexity index is 509. The molecule has 1 unspecified atom stereocenters. The number of aliphatic hydroxyl groups is 1. The lowest BCUT2D eigenvalue weighted by molar-refractivity contribution is 0.159. The zero-order valence-corrected chi connectivity index (χ0v) is 11.2. The molecule has 0 saturated heterocycles. The molecular formula is C14H18ClNO2. The van der Waals surface area contributed by atoms with Crippen molar-refractivity contribution in [1.29, 1.82) is 0 Å². The first-order chi connectivity index (χ1) is 8.72. The fourth-order valence-corrected chi connectivity index (χ4v) is 2.17. The third-order valence-electron chi connectivity index (χ3n) is 3.08. The average Bonchev–Trinajstić information content (AvgIpc) is 2.70. The van der Waals surface area contributed by atoms with E-state index >= 15 is 0 Å². The summed E-state index contributed by atoms with van der Waals surface area (Å²) in [6.45, 7) is 3.41. The molecule has 1 aromatic heterocycles. The zero-order chi connectivity index (χ0) is 13.0. The van der Waals surface area contributed by atoms with Gasteiger partial charge in [0.2, 0.25) is 0 Å². The van der Waals surface area contributed by atoms with Gasteiger partial charge in [-0.1, -0.05) is 25.1 Å². The molecule has 3 nitrogen and oxygen atoms in total. The summed E-state index contributed by atoms with van der Waals surface area (Å²) in [6, 6.07) is 7.81. The Kier molecular flexibility index (Phi) is 4.64. The first kappa shape index (κ1) is 13.4. The van der Waals surface area contributed by atoms with Crippen LogP contribution in [-0.2, 0) is 6.54 Å². The molecule has 0 aliphatic carbocycles. The van der Waals surface area contributed by atoms with E-state index in [1.165, 1.54) is 0 Å². The van der Waals surface area contributed by atoms with Crippen molar-refractivity contribution >= 4 is 22.6 Å². The lowest BCUT2D eigenvalue weighted by atomic mass is 10.1. The Morgan fingerprint density at radius 1 is 1.39 bits per heavy atom. The Hall–Kier alpha value is -1.03. The number of furan rings is 1. The topological polar surface area (TPSA) is 45.4 Å². The SMILES string of the molecule is CCC(O)CCNCc1c(Cl)oc2ccccc12. The Morgan fingerprint density at radius 3 is 2.94 bits per heavy atom. The Labute approximate surface area is 112 Å². The molecule has 18 heavy (non-hydrogen) atoms. The molecule has 1 heterocycles. The van der Waals surface area contributed by atoms with Gasteiger partial charge in [0.05, 0.1) is 6.10 Å². The second-order valence-corrected chi connectivity index (χ2v) is 4.72. The number of fused-ring (bicyclic) bond motifs is 1. The summed E-state index contributed by atoms with van der Waals surface area (Å²) in [4.78, 5) is 0. The van der Waals surface area contributed by atoms with E-state index in [1.807, 2.05) is 31.2 Å². The highest BCUT2D eigenvalue weighted by molar-refractivity contribution is 6.30. The van der Waals surface area contributed by atoms with Crippen LogP contribution in [0.15, 0.2) is 28.7 Å². The lowest BCUT2D eigenvalue weighted by Gasteiger charge is -2.08. The summed E-state index contributed by atoms with van der Waals surface area (Å²) in [5, 5.41) is 14.2. The second-order valence-electron chi connectivity index (χ2n) is 4.38. The highest BCUT2D eigenvalue weighted by Crippen LogP contribution is 2.29. The van der Waals surface area contributed by atoms with Crippen LogP contribution >= 0.6 is 11.6 Å². The van der Waals surface area contributed by atoms with Gasteiger partial charge in [-0.2, -0.15) is 0 Å². The van der Waals surface area contributed by atoms with Gasteiger partial charge < -0.3 is 14.8 Å². The highest BCUT2D eigenvalue weighted by atomic mass is 35.5. The van der Waals surface area contributed by atoms with Crippen LogP contribution in [0.25, 0.3) is 11.0 Å². The van der Waals surface area contributed by atoms with Gasteiger partial charge >= 0.3 is 0 Å². The maximum Gasteiger partial charge on any atom is 0.199 e. The van der Waals surface area contributed by atoms with Crippen LogP contribution in [0.4, 0.5) is 0 Å². The van der Waals surface area contributed by atoms with E-state index in [-0.39, 0.29) is 6.10 Å². The number of nitrogens with one attached hydrogen (secondary N) is 1. The number of benzene rings is 1. The molecule has 0 fully saturated rings. The van der Waals surface area contributed by atoms with E-state index in [1.54, 1.807) is 0 Å². The number of hydrogen-bond acceptors (Lipinski definition) is 3.